The summed E-state index contributed by atoms with van der Waals surface area (Å²) >= 11 is 5.95. The van der Waals surface area contributed by atoms with Crippen molar-refractivity contribution in [3.8, 4) is 29.1 Å². The maximum Gasteiger partial charge on any atom is 0.349 e. The van der Waals surface area contributed by atoms with E-state index in [9.17, 15) is 10.1 Å². The lowest BCUT2D eigenvalue weighted by molar-refractivity contribution is -0.136. The molecule has 0 radical (unpaired) electrons. The number of benzene rings is 4. The van der Waals surface area contributed by atoms with Crippen LogP contribution in [0.15, 0.2) is 102 Å². The summed E-state index contributed by atoms with van der Waals surface area (Å²) in [6.07, 6.45) is 0. The molecule has 40 heavy (non-hydrogen) atoms. The zero-order valence-corrected chi connectivity index (χ0v) is 22.4. The third kappa shape index (κ3) is 6.04. The number of para-hydroxylation sites is 1. The molecular formula is C32H25ClN2O5. The van der Waals surface area contributed by atoms with Crippen LogP contribution >= 0.6 is 11.6 Å². The molecule has 7 nitrogen and oxygen atoms in total. The molecule has 1 heterocycles. The van der Waals surface area contributed by atoms with Gasteiger partial charge in [0.1, 0.15) is 41.2 Å². The highest BCUT2D eigenvalue weighted by molar-refractivity contribution is 6.30. The molecule has 1 aliphatic rings. The molecule has 1 aliphatic heterocycles. The molecule has 0 aromatic heterocycles. The lowest BCUT2D eigenvalue weighted by Crippen LogP contribution is -2.21. The molecule has 4 aromatic rings. The largest absolute Gasteiger partial charge is 0.489 e. The number of carbonyl (C=O) groups is 1. The molecule has 0 fully saturated rings. The second kappa shape index (κ2) is 11.9. The van der Waals surface area contributed by atoms with E-state index in [0.717, 1.165) is 22.3 Å². The number of nitrogens with zero attached hydrogens (tertiary/aromatic N) is 1. The Morgan fingerprint density at radius 2 is 1.70 bits per heavy atom. The van der Waals surface area contributed by atoms with Gasteiger partial charge in [0.2, 0.25) is 5.88 Å². The van der Waals surface area contributed by atoms with Crippen molar-refractivity contribution in [2.24, 2.45) is 5.73 Å². The number of nitriles is 1. The first-order valence-corrected chi connectivity index (χ1v) is 12.9. The smallest absolute Gasteiger partial charge is 0.349 e. The quantitative estimate of drug-likeness (QED) is 0.198. The lowest BCUT2D eigenvalue weighted by atomic mass is 9.83. The van der Waals surface area contributed by atoms with Crippen molar-refractivity contribution in [3.63, 3.8) is 0 Å². The van der Waals surface area contributed by atoms with Gasteiger partial charge >= 0.3 is 5.97 Å². The number of carbonyl (C=O) groups excluding carboxylic acids is 1. The third-order valence-corrected chi connectivity index (χ3v) is 6.65. The zero-order chi connectivity index (χ0) is 28.1. The van der Waals surface area contributed by atoms with Gasteiger partial charge in [-0.25, -0.2) is 4.79 Å². The van der Waals surface area contributed by atoms with E-state index in [1.54, 1.807) is 24.3 Å². The summed E-state index contributed by atoms with van der Waals surface area (Å²) < 4.78 is 22.7. The van der Waals surface area contributed by atoms with E-state index >= 15 is 0 Å². The van der Waals surface area contributed by atoms with Gasteiger partial charge < -0.3 is 24.7 Å². The van der Waals surface area contributed by atoms with Crippen molar-refractivity contribution in [1.82, 2.24) is 0 Å². The number of nitrogens with two attached hydrogens (primary N) is 1. The van der Waals surface area contributed by atoms with Crippen molar-refractivity contribution in [2.45, 2.75) is 19.4 Å². The Hall–Kier alpha value is -4.93. The number of halogens is 1. The molecule has 5 rings (SSSR count). The fourth-order valence-corrected chi connectivity index (χ4v) is 4.49. The van der Waals surface area contributed by atoms with Gasteiger partial charge in [-0.15, -0.1) is 0 Å². The van der Waals surface area contributed by atoms with Crippen LogP contribution in [0.3, 0.4) is 0 Å². The summed E-state index contributed by atoms with van der Waals surface area (Å²) in [6, 6.07) is 29.5. The average Bonchev–Trinajstić information content (AvgIpc) is 2.96. The highest BCUT2D eigenvalue weighted by atomic mass is 35.5. The number of fused-ring (bicyclic) bond motifs is 1. The fraction of sp³-hybridized carbons (Fsp3) is 0.125. The topological polar surface area (TPSA) is 104 Å². The summed E-state index contributed by atoms with van der Waals surface area (Å²) in [4.78, 5) is 12.4. The monoisotopic (exact) mass is 552 g/mol. The first kappa shape index (κ1) is 26.7. The maximum atomic E-state index is 12.4. The van der Waals surface area contributed by atoms with Crippen LogP contribution in [0.2, 0.25) is 5.02 Å². The molecule has 0 saturated heterocycles. The molecular weight excluding hydrogens is 528 g/mol. The molecule has 0 spiro atoms. The van der Waals surface area contributed by atoms with Gasteiger partial charge in [0.15, 0.2) is 6.61 Å². The molecule has 200 valence electrons. The SMILES string of the molecule is Cc1ccccc1OCC(=O)Oc1ccc2c(c1)OC(N)=C(C#N)C2c1ccc(OCc2ccc(Cl)cc2)cc1. The minimum Gasteiger partial charge on any atom is -0.489 e. The Kier molecular flexibility index (Phi) is 7.90. The summed E-state index contributed by atoms with van der Waals surface area (Å²) in [6.45, 7) is 2.04. The Labute approximate surface area is 236 Å². The van der Waals surface area contributed by atoms with Crippen molar-refractivity contribution in [1.29, 1.82) is 5.26 Å². The summed E-state index contributed by atoms with van der Waals surface area (Å²) in [5, 5.41) is 10.5. The van der Waals surface area contributed by atoms with Gasteiger partial charge in [-0.05, 0) is 60.0 Å². The van der Waals surface area contributed by atoms with Crippen LogP contribution in [0.5, 0.6) is 23.0 Å². The van der Waals surface area contributed by atoms with Crippen molar-refractivity contribution in [3.05, 3.63) is 130 Å². The number of aryl methyl sites for hydroxylation is 1. The van der Waals surface area contributed by atoms with Gasteiger partial charge in [0.25, 0.3) is 0 Å². The van der Waals surface area contributed by atoms with Gasteiger partial charge in [-0.3, -0.25) is 0 Å². The lowest BCUT2D eigenvalue weighted by Gasteiger charge is -2.26. The van der Waals surface area contributed by atoms with E-state index in [-0.39, 0.29) is 18.2 Å². The first-order chi connectivity index (χ1) is 19.4. The first-order valence-electron chi connectivity index (χ1n) is 12.5. The van der Waals surface area contributed by atoms with Crippen molar-refractivity contribution < 1.29 is 23.7 Å². The number of allylic oxidation sites excluding steroid dienone is 1. The summed E-state index contributed by atoms with van der Waals surface area (Å²) in [7, 11) is 0. The molecule has 4 aromatic carbocycles. The van der Waals surface area contributed by atoms with Crippen LogP contribution in [-0.4, -0.2) is 12.6 Å². The van der Waals surface area contributed by atoms with Crippen molar-refractivity contribution >= 4 is 17.6 Å². The normalized spacial score (nSPS) is 14.0. The van der Waals surface area contributed by atoms with E-state index in [1.807, 2.05) is 73.7 Å². The highest BCUT2D eigenvalue weighted by Crippen LogP contribution is 2.43. The Morgan fingerprint density at radius 3 is 2.42 bits per heavy atom. The second-order valence-corrected chi connectivity index (χ2v) is 9.57. The second-order valence-electron chi connectivity index (χ2n) is 9.14. The predicted molar refractivity (Wildman–Crippen MR) is 150 cm³/mol. The molecule has 8 heteroatoms. The average molecular weight is 553 g/mol. The Balaban J connectivity index is 1.30. The Morgan fingerprint density at radius 1 is 0.975 bits per heavy atom. The van der Waals surface area contributed by atoms with Crippen LogP contribution < -0.4 is 24.7 Å². The minimum atomic E-state index is -0.564. The highest BCUT2D eigenvalue weighted by Gasteiger charge is 2.31. The summed E-state index contributed by atoms with van der Waals surface area (Å²) in [5.41, 5.74) is 9.89. The van der Waals surface area contributed by atoms with E-state index in [1.165, 1.54) is 0 Å². The minimum absolute atomic E-state index is 0.00516. The number of ether oxygens (including phenoxy) is 4. The molecule has 1 unspecified atom stereocenters. The fourth-order valence-electron chi connectivity index (χ4n) is 4.36. The molecule has 0 saturated carbocycles. The molecule has 0 amide bonds. The van der Waals surface area contributed by atoms with Crippen LogP contribution in [0.4, 0.5) is 0 Å². The number of rotatable bonds is 8. The predicted octanol–water partition coefficient (Wildman–Crippen LogP) is 6.43. The van der Waals surface area contributed by atoms with Crippen LogP contribution in [-0.2, 0) is 11.4 Å². The molecule has 0 bridgehead atoms. The molecule has 2 N–H and O–H groups in total. The van der Waals surface area contributed by atoms with E-state index < -0.39 is 11.9 Å². The van der Waals surface area contributed by atoms with Gasteiger partial charge in [-0.2, -0.15) is 5.26 Å². The number of hydrogen-bond donors (Lipinski definition) is 1. The maximum absolute atomic E-state index is 12.4. The van der Waals surface area contributed by atoms with Gasteiger partial charge in [0, 0.05) is 16.7 Å². The summed E-state index contributed by atoms with van der Waals surface area (Å²) in [5.74, 6) is 0.925. The standard InChI is InChI=1S/C32H25ClN2O5/c1-20-4-2-3-5-28(20)38-19-30(36)39-25-14-15-26-29(16-25)40-32(35)27(17-34)31(26)22-8-12-24(13-9-22)37-18-21-6-10-23(33)11-7-21/h2-16,31H,18-19,35H2,1H3. The van der Waals surface area contributed by atoms with Crippen LogP contribution in [0.25, 0.3) is 0 Å². The van der Waals surface area contributed by atoms with E-state index in [4.69, 9.17) is 36.3 Å². The van der Waals surface area contributed by atoms with Gasteiger partial charge in [-0.1, -0.05) is 60.1 Å². The number of hydrogen-bond acceptors (Lipinski definition) is 7. The van der Waals surface area contributed by atoms with Crippen molar-refractivity contribution in [2.75, 3.05) is 6.61 Å². The molecule has 0 aliphatic carbocycles. The number of esters is 1. The van der Waals surface area contributed by atoms with E-state index in [0.29, 0.717) is 34.5 Å². The zero-order valence-electron chi connectivity index (χ0n) is 21.6. The van der Waals surface area contributed by atoms with Crippen LogP contribution in [0, 0.1) is 18.3 Å². The molecule has 1 atom stereocenters. The van der Waals surface area contributed by atoms with Crippen LogP contribution in [0.1, 0.15) is 28.2 Å². The van der Waals surface area contributed by atoms with Gasteiger partial charge in [0.05, 0.1) is 5.92 Å². The third-order valence-electron chi connectivity index (χ3n) is 6.39. The van der Waals surface area contributed by atoms with E-state index in [2.05, 4.69) is 6.07 Å². The Bertz CT molecular complexity index is 1610.